The predicted octanol–water partition coefficient (Wildman–Crippen LogP) is 1.65. The van der Waals surface area contributed by atoms with Gasteiger partial charge in [-0.05, 0) is 12.1 Å². The normalized spacial score (nSPS) is 9.73. The smallest absolute Gasteiger partial charge is 0.339 e. The summed E-state index contributed by atoms with van der Waals surface area (Å²) < 4.78 is 4.61. The zero-order valence-electron chi connectivity index (χ0n) is 8.52. The molecule has 0 aliphatic rings. The van der Waals surface area contributed by atoms with Crippen molar-refractivity contribution in [2.24, 2.45) is 0 Å². The standard InChI is InChI=1S/C10H11NO3S/c1-7(12)15-6-9-8(10(13)14-2)4-3-5-11-9/h3-5H,6H2,1-2H3. The lowest BCUT2D eigenvalue weighted by molar-refractivity contribution is -0.109. The molecule has 1 aromatic rings. The highest BCUT2D eigenvalue weighted by molar-refractivity contribution is 8.12. The van der Waals surface area contributed by atoms with Gasteiger partial charge < -0.3 is 4.74 Å². The minimum atomic E-state index is -0.428. The van der Waals surface area contributed by atoms with Crippen LogP contribution in [0.1, 0.15) is 23.0 Å². The Kier molecular flexibility index (Phi) is 4.30. The largest absolute Gasteiger partial charge is 0.465 e. The Morgan fingerprint density at radius 1 is 1.53 bits per heavy atom. The van der Waals surface area contributed by atoms with Crippen LogP contribution in [0.25, 0.3) is 0 Å². The molecule has 0 bridgehead atoms. The molecule has 0 spiro atoms. The van der Waals surface area contributed by atoms with E-state index in [0.717, 1.165) is 11.8 Å². The zero-order valence-corrected chi connectivity index (χ0v) is 9.34. The van der Waals surface area contributed by atoms with Gasteiger partial charge in [0.15, 0.2) is 5.12 Å². The molecule has 1 aromatic heterocycles. The fourth-order valence-corrected chi connectivity index (χ4v) is 1.59. The number of hydrogen-bond acceptors (Lipinski definition) is 5. The third kappa shape index (κ3) is 3.36. The fourth-order valence-electron chi connectivity index (χ4n) is 1.02. The summed E-state index contributed by atoms with van der Waals surface area (Å²) in [6.07, 6.45) is 1.59. The first-order valence-corrected chi connectivity index (χ1v) is 5.29. The molecule has 0 fully saturated rings. The van der Waals surface area contributed by atoms with Crippen LogP contribution >= 0.6 is 11.8 Å². The van der Waals surface area contributed by atoms with E-state index in [1.54, 1.807) is 18.3 Å². The molecule has 5 heteroatoms. The summed E-state index contributed by atoms with van der Waals surface area (Å²) in [5.41, 5.74) is 0.985. The van der Waals surface area contributed by atoms with Crippen LogP contribution in [0.5, 0.6) is 0 Å². The van der Waals surface area contributed by atoms with Crippen molar-refractivity contribution in [2.75, 3.05) is 7.11 Å². The molecule has 0 radical (unpaired) electrons. The van der Waals surface area contributed by atoms with E-state index in [9.17, 15) is 9.59 Å². The van der Waals surface area contributed by atoms with Crippen LogP contribution in [0.2, 0.25) is 0 Å². The van der Waals surface area contributed by atoms with Crippen molar-refractivity contribution in [3.05, 3.63) is 29.6 Å². The van der Waals surface area contributed by atoms with Gasteiger partial charge >= 0.3 is 5.97 Å². The Balaban J connectivity index is 2.86. The Morgan fingerprint density at radius 2 is 2.27 bits per heavy atom. The molecule has 0 N–H and O–H groups in total. The van der Waals surface area contributed by atoms with Crippen LogP contribution < -0.4 is 0 Å². The highest BCUT2D eigenvalue weighted by atomic mass is 32.2. The molecule has 15 heavy (non-hydrogen) atoms. The maximum Gasteiger partial charge on any atom is 0.339 e. The summed E-state index contributed by atoms with van der Waals surface area (Å²) in [7, 11) is 1.32. The van der Waals surface area contributed by atoms with Gasteiger partial charge in [-0.25, -0.2) is 4.79 Å². The van der Waals surface area contributed by atoms with E-state index >= 15 is 0 Å². The lowest BCUT2D eigenvalue weighted by Crippen LogP contribution is -2.06. The molecule has 4 nitrogen and oxygen atoms in total. The van der Waals surface area contributed by atoms with E-state index in [1.807, 2.05) is 0 Å². The minimum Gasteiger partial charge on any atom is -0.465 e. The number of nitrogens with zero attached hydrogens (tertiary/aromatic N) is 1. The summed E-state index contributed by atoms with van der Waals surface area (Å²) in [6, 6.07) is 3.29. The number of carbonyl (C=O) groups is 2. The molecule has 0 aliphatic heterocycles. The third-order valence-electron chi connectivity index (χ3n) is 1.71. The summed E-state index contributed by atoms with van der Waals surface area (Å²) in [6.45, 7) is 1.48. The number of ether oxygens (including phenoxy) is 1. The van der Waals surface area contributed by atoms with Gasteiger partial charge in [-0.15, -0.1) is 0 Å². The highest BCUT2D eigenvalue weighted by Crippen LogP contribution is 2.15. The molecule has 0 atom stereocenters. The number of esters is 1. The first-order chi connectivity index (χ1) is 7.15. The van der Waals surface area contributed by atoms with Crippen molar-refractivity contribution in [1.82, 2.24) is 4.98 Å². The van der Waals surface area contributed by atoms with E-state index in [2.05, 4.69) is 9.72 Å². The number of hydrogen-bond donors (Lipinski definition) is 0. The average Bonchev–Trinajstić information content (AvgIpc) is 2.25. The molecule has 0 saturated heterocycles. The first-order valence-electron chi connectivity index (χ1n) is 4.30. The molecule has 0 unspecified atom stereocenters. The number of aromatic nitrogens is 1. The second kappa shape index (κ2) is 5.50. The molecule has 1 heterocycles. The molecule has 0 saturated carbocycles. The molecule has 0 aliphatic carbocycles. The van der Waals surface area contributed by atoms with Crippen LogP contribution in [0.3, 0.4) is 0 Å². The topological polar surface area (TPSA) is 56.3 Å². The molecule has 80 valence electrons. The van der Waals surface area contributed by atoms with E-state index < -0.39 is 5.97 Å². The maximum atomic E-state index is 11.3. The lowest BCUT2D eigenvalue weighted by Gasteiger charge is -2.04. The van der Waals surface area contributed by atoms with Gasteiger partial charge in [-0.3, -0.25) is 9.78 Å². The van der Waals surface area contributed by atoms with Gasteiger partial charge in [0.2, 0.25) is 0 Å². The molecular weight excluding hydrogens is 214 g/mol. The van der Waals surface area contributed by atoms with Crippen molar-refractivity contribution in [1.29, 1.82) is 0 Å². The Morgan fingerprint density at radius 3 is 2.87 bits per heavy atom. The third-order valence-corrected chi connectivity index (χ3v) is 2.53. The SMILES string of the molecule is COC(=O)c1cccnc1CSC(C)=O. The zero-order chi connectivity index (χ0) is 11.3. The molecule has 0 aromatic carbocycles. The van der Waals surface area contributed by atoms with Crippen LogP contribution in [0.4, 0.5) is 0 Å². The summed E-state index contributed by atoms with van der Waals surface area (Å²) >= 11 is 1.12. The van der Waals surface area contributed by atoms with Crippen molar-refractivity contribution in [3.8, 4) is 0 Å². The van der Waals surface area contributed by atoms with Gasteiger partial charge in [0.1, 0.15) is 0 Å². The number of pyridine rings is 1. The summed E-state index contributed by atoms with van der Waals surface area (Å²) in [5.74, 6) is -0.0390. The van der Waals surface area contributed by atoms with E-state index in [-0.39, 0.29) is 5.12 Å². The first kappa shape index (κ1) is 11.7. The van der Waals surface area contributed by atoms with Crippen LogP contribution in [0.15, 0.2) is 18.3 Å². The number of carbonyl (C=O) groups excluding carboxylic acids is 2. The van der Waals surface area contributed by atoms with Gasteiger partial charge in [-0.1, -0.05) is 11.8 Å². The van der Waals surface area contributed by atoms with E-state index in [1.165, 1.54) is 14.0 Å². The second-order valence-electron chi connectivity index (χ2n) is 2.77. The number of rotatable bonds is 3. The van der Waals surface area contributed by atoms with Crippen LogP contribution in [-0.4, -0.2) is 23.2 Å². The van der Waals surface area contributed by atoms with Crippen LogP contribution in [-0.2, 0) is 15.3 Å². The van der Waals surface area contributed by atoms with Crippen molar-refractivity contribution in [3.63, 3.8) is 0 Å². The minimum absolute atomic E-state index is 0.00327. The van der Waals surface area contributed by atoms with Gasteiger partial charge in [-0.2, -0.15) is 0 Å². The summed E-state index contributed by atoms with van der Waals surface area (Å²) in [5, 5.41) is -0.00327. The second-order valence-corrected chi connectivity index (χ2v) is 3.92. The highest BCUT2D eigenvalue weighted by Gasteiger charge is 2.12. The van der Waals surface area contributed by atoms with Gasteiger partial charge in [0.05, 0.1) is 18.4 Å². The van der Waals surface area contributed by atoms with Gasteiger partial charge in [0.25, 0.3) is 0 Å². The monoisotopic (exact) mass is 225 g/mol. The number of methoxy groups -OCH3 is 1. The molecule has 0 amide bonds. The maximum absolute atomic E-state index is 11.3. The Labute approximate surface area is 92.0 Å². The molecule has 1 rings (SSSR count). The van der Waals surface area contributed by atoms with E-state index in [0.29, 0.717) is 17.0 Å². The van der Waals surface area contributed by atoms with Crippen LogP contribution in [0, 0.1) is 0 Å². The van der Waals surface area contributed by atoms with Crippen molar-refractivity contribution < 1.29 is 14.3 Å². The quantitative estimate of drug-likeness (QED) is 0.732. The van der Waals surface area contributed by atoms with Crippen molar-refractivity contribution in [2.45, 2.75) is 12.7 Å². The average molecular weight is 225 g/mol. The fraction of sp³-hybridized carbons (Fsp3) is 0.300. The van der Waals surface area contributed by atoms with Gasteiger partial charge in [0, 0.05) is 18.9 Å². The van der Waals surface area contributed by atoms with Crippen molar-refractivity contribution >= 4 is 22.8 Å². The molecular formula is C10H11NO3S. The lowest BCUT2D eigenvalue weighted by atomic mass is 10.2. The Bertz CT molecular complexity index is 379. The number of thioether (sulfide) groups is 1. The Hall–Kier alpha value is -1.36. The predicted molar refractivity (Wildman–Crippen MR) is 57.6 cm³/mol. The van der Waals surface area contributed by atoms with E-state index in [4.69, 9.17) is 0 Å². The summed E-state index contributed by atoms with van der Waals surface area (Å²) in [4.78, 5) is 26.2.